The summed E-state index contributed by atoms with van der Waals surface area (Å²) in [5.41, 5.74) is -0.368. The molecular formula is C10H20N2O3S. The molecule has 16 heavy (non-hydrogen) atoms. The van der Waals surface area contributed by atoms with Gasteiger partial charge >= 0.3 is 0 Å². The molecule has 1 unspecified atom stereocenters. The Morgan fingerprint density at radius 3 is 2.38 bits per heavy atom. The lowest BCUT2D eigenvalue weighted by Gasteiger charge is -2.23. The smallest absolute Gasteiger partial charge is 0.243 e. The summed E-state index contributed by atoms with van der Waals surface area (Å²) in [5.74, 6) is -0.312. The van der Waals surface area contributed by atoms with E-state index in [1.165, 1.54) is 6.92 Å². The zero-order valence-electron chi connectivity index (χ0n) is 9.91. The van der Waals surface area contributed by atoms with Crippen LogP contribution in [0.2, 0.25) is 0 Å². The molecule has 0 aromatic heterocycles. The molecule has 0 spiro atoms. The summed E-state index contributed by atoms with van der Waals surface area (Å²) < 4.78 is 0. The SMILES string of the molecule is CC(=O)NC(CS)C(=O)NCC(C)(C)CO. The number of rotatable bonds is 6. The van der Waals surface area contributed by atoms with Gasteiger partial charge in [-0.2, -0.15) is 12.6 Å². The molecule has 94 valence electrons. The molecule has 2 amide bonds. The third kappa shape index (κ3) is 5.97. The number of thiol groups is 1. The van der Waals surface area contributed by atoms with Gasteiger partial charge in [-0.1, -0.05) is 13.8 Å². The van der Waals surface area contributed by atoms with Crippen LogP contribution < -0.4 is 10.6 Å². The number of amides is 2. The monoisotopic (exact) mass is 248 g/mol. The minimum Gasteiger partial charge on any atom is -0.396 e. The van der Waals surface area contributed by atoms with Crippen molar-refractivity contribution in [3.8, 4) is 0 Å². The molecule has 1 atom stereocenters. The van der Waals surface area contributed by atoms with Crippen LogP contribution in [-0.4, -0.2) is 41.9 Å². The van der Waals surface area contributed by atoms with E-state index in [0.29, 0.717) is 6.54 Å². The maximum atomic E-state index is 11.6. The first-order valence-corrected chi connectivity index (χ1v) is 5.72. The van der Waals surface area contributed by atoms with E-state index in [9.17, 15) is 9.59 Å². The lowest BCUT2D eigenvalue weighted by molar-refractivity contribution is -0.127. The highest BCUT2D eigenvalue weighted by Crippen LogP contribution is 2.11. The lowest BCUT2D eigenvalue weighted by atomic mass is 9.95. The van der Waals surface area contributed by atoms with Crippen LogP contribution in [0, 0.1) is 5.41 Å². The van der Waals surface area contributed by atoms with Crippen LogP contribution >= 0.6 is 12.6 Å². The van der Waals surface area contributed by atoms with E-state index in [1.54, 1.807) is 0 Å². The van der Waals surface area contributed by atoms with E-state index in [-0.39, 0.29) is 29.6 Å². The van der Waals surface area contributed by atoms with Gasteiger partial charge in [0.1, 0.15) is 6.04 Å². The van der Waals surface area contributed by atoms with Crippen molar-refractivity contribution < 1.29 is 14.7 Å². The normalized spacial score (nSPS) is 13.1. The van der Waals surface area contributed by atoms with Crippen molar-refractivity contribution in [3.63, 3.8) is 0 Å². The van der Waals surface area contributed by atoms with Crippen LogP contribution in [0.3, 0.4) is 0 Å². The molecule has 0 heterocycles. The quantitative estimate of drug-likeness (QED) is 0.481. The second kappa shape index (κ2) is 6.75. The molecule has 6 heteroatoms. The van der Waals surface area contributed by atoms with Crippen molar-refractivity contribution in [1.82, 2.24) is 10.6 Å². The lowest BCUT2D eigenvalue weighted by Crippen LogP contribution is -2.49. The maximum Gasteiger partial charge on any atom is 0.243 e. The van der Waals surface area contributed by atoms with Gasteiger partial charge in [-0.3, -0.25) is 9.59 Å². The summed E-state index contributed by atoms with van der Waals surface area (Å²) in [6, 6.07) is -0.629. The fourth-order valence-corrected chi connectivity index (χ4v) is 1.20. The Balaban J connectivity index is 4.17. The van der Waals surface area contributed by atoms with Crippen molar-refractivity contribution in [2.24, 2.45) is 5.41 Å². The largest absolute Gasteiger partial charge is 0.396 e. The highest BCUT2D eigenvalue weighted by Gasteiger charge is 2.21. The van der Waals surface area contributed by atoms with Gasteiger partial charge in [0.2, 0.25) is 11.8 Å². The Morgan fingerprint density at radius 1 is 1.44 bits per heavy atom. The molecular weight excluding hydrogens is 228 g/mol. The van der Waals surface area contributed by atoms with Crippen molar-refractivity contribution in [1.29, 1.82) is 0 Å². The van der Waals surface area contributed by atoms with Crippen LogP contribution in [0.5, 0.6) is 0 Å². The number of carbonyl (C=O) groups is 2. The Labute approximate surface area is 101 Å². The van der Waals surface area contributed by atoms with Gasteiger partial charge in [-0.25, -0.2) is 0 Å². The highest BCUT2D eigenvalue weighted by atomic mass is 32.1. The first-order chi connectivity index (χ1) is 7.32. The fraction of sp³-hybridized carbons (Fsp3) is 0.800. The molecule has 0 aliphatic rings. The van der Waals surface area contributed by atoms with E-state index in [0.717, 1.165) is 0 Å². The number of carbonyl (C=O) groups excluding carboxylic acids is 2. The average Bonchev–Trinajstić information content (AvgIpc) is 2.22. The van der Waals surface area contributed by atoms with E-state index >= 15 is 0 Å². The topological polar surface area (TPSA) is 78.4 Å². The molecule has 0 fully saturated rings. The summed E-state index contributed by atoms with van der Waals surface area (Å²) in [5, 5.41) is 14.2. The Bertz CT molecular complexity index is 256. The third-order valence-corrected chi connectivity index (χ3v) is 2.41. The van der Waals surface area contributed by atoms with Crippen LogP contribution in [-0.2, 0) is 9.59 Å². The molecule has 0 aliphatic carbocycles. The standard InChI is InChI=1S/C10H20N2O3S/c1-7(14)12-8(4-16)9(15)11-5-10(2,3)6-13/h8,13,16H,4-6H2,1-3H3,(H,11,15)(H,12,14). The molecule has 0 radical (unpaired) electrons. The van der Waals surface area contributed by atoms with Crippen molar-refractivity contribution >= 4 is 24.4 Å². The van der Waals surface area contributed by atoms with Crippen LogP contribution in [0.15, 0.2) is 0 Å². The predicted molar refractivity (Wildman–Crippen MR) is 65.3 cm³/mol. The second-order valence-electron chi connectivity index (χ2n) is 4.48. The zero-order chi connectivity index (χ0) is 12.8. The van der Waals surface area contributed by atoms with Gasteiger partial charge in [0.15, 0.2) is 0 Å². The molecule has 0 rings (SSSR count). The molecule has 0 aromatic carbocycles. The molecule has 3 N–H and O–H groups in total. The second-order valence-corrected chi connectivity index (χ2v) is 4.84. The van der Waals surface area contributed by atoms with E-state index in [2.05, 4.69) is 23.3 Å². The first kappa shape index (κ1) is 15.2. The summed E-state index contributed by atoms with van der Waals surface area (Å²) in [6.07, 6.45) is 0. The number of hydrogen-bond acceptors (Lipinski definition) is 4. The summed E-state index contributed by atoms with van der Waals surface area (Å²) in [4.78, 5) is 22.4. The molecule has 0 saturated carbocycles. The van der Waals surface area contributed by atoms with Crippen LogP contribution in [0.25, 0.3) is 0 Å². The maximum absolute atomic E-state index is 11.6. The fourth-order valence-electron chi connectivity index (χ4n) is 0.945. The minimum atomic E-state index is -0.629. The molecule has 0 aromatic rings. The van der Waals surface area contributed by atoms with Crippen LogP contribution in [0.1, 0.15) is 20.8 Å². The summed E-state index contributed by atoms with van der Waals surface area (Å²) in [6.45, 7) is 5.36. The Hall–Kier alpha value is -0.750. The Morgan fingerprint density at radius 2 is 2.00 bits per heavy atom. The number of nitrogens with one attached hydrogen (secondary N) is 2. The molecule has 0 bridgehead atoms. The number of aliphatic hydroxyl groups is 1. The van der Waals surface area contributed by atoms with E-state index in [4.69, 9.17) is 5.11 Å². The summed E-state index contributed by atoms with van der Waals surface area (Å²) >= 11 is 3.99. The van der Waals surface area contributed by atoms with Crippen molar-refractivity contribution in [2.75, 3.05) is 18.9 Å². The summed E-state index contributed by atoms with van der Waals surface area (Å²) in [7, 11) is 0. The third-order valence-electron chi connectivity index (χ3n) is 2.05. The van der Waals surface area contributed by atoms with Crippen molar-refractivity contribution in [2.45, 2.75) is 26.8 Å². The van der Waals surface area contributed by atoms with Crippen LogP contribution in [0.4, 0.5) is 0 Å². The predicted octanol–water partition coefficient (Wildman–Crippen LogP) is -0.444. The van der Waals surface area contributed by atoms with Crippen molar-refractivity contribution in [3.05, 3.63) is 0 Å². The van der Waals surface area contributed by atoms with Gasteiger partial charge in [0.05, 0.1) is 0 Å². The van der Waals surface area contributed by atoms with E-state index in [1.807, 2.05) is 13.8 Å². The van der Waals surface area contributed by atoms with E-state index < -0.39 is 6.04 Å². The zero-order valence-corrected chi connectivity index (χ0v) is 10.8. The highest BCUT2D eigenvalue weighted by molar-refractivity contribution is 7.80. The van der Waals surface area contributed by atoms with Gasteiger partial charge in [0, 0.05) is 31.2 Å². The Kier molecular flexibility index (Phi) is 6.43. The molecule has 0 aliphatic heterocycles. The van der Waals surface area contributed by atoms with Gasteiger partial charge in [-0.05, 0) is 0 Å². The van der Waals surface area contributed by atoms with Gasteiger partial charge in [-0.15, -0.1) is 0 Å². The van der Waals surface area contributed by atoms with Gasteiger partial charge in [0.25, 0.3) is 0 Å². The number of hydrogen-bond donors (Lipinski definition) is 4. The van der Waals surface area contributed by atoms with Gasteiger partial charge < -0.3 is 15.7 Å². The average molecular weight is 248 g/mol. The molecule has 0 saturated heterocycles. The minimum absolute atomic E-state index is 0.0149. The first-order valence-electron chi connectivity index (χ1n) is 5.09. The molecule has 5 nitrogen and oxygen atoms in total. The number of aliphatic hydroxyl groups excluding tert-OH is 1.